The van der Waals surface area contributed by atoms with Crippen LogP contribution in [0.5, 0.6) is 11.5 Å². The van der Waals surface area contributed by atoms with Crippen LogP contribution < -0.4 is 10.0 Å². The standard InChI is InChI=1S/C18H30N2O5S/c1-11(7-8-19-26(24,25)18(4,5)6)9-15(21)20-14-10-12(2)16(22)17(23)13(14)3/h10-11,19,22-23H,7-9H2,1-6H3,(H,20,21). The van der Waals surface area contributed by atoms with Gasteiger partial charge in [-0.05, 0) is 58.6 Å². The van der Waals surface area contributed by atoms with Crippen molar-refractivity contribution in [3.63, 3.8) is 0 Å². The Bertz CT molecular complexity index is 767. The van der Waals surface area contributed by atoms with Gasteiger partial charge in [0, 0.05) is 24.2 Å². The largest absolute Gasteiger partial charge is 0.504 e. The first kappa shape index (κ1) is 22.2. The molecule has 0 bridgehead atoms. The second-order valence-corrected chi connectivity index (χ2v) is 10.2. The molecule has 4 N–H and O–H groups in total. The second kappa shape index (κ2) is 8.26. The van der Waals surface area contributed by atoms with Crippen molar-refractivity contribution in [1.29, 1.82) is 0 Å². The number of benzene rings is 1. The van der Waals surface area contributed by atoms with Gasteiger partial charge in [-0.25, -0.2) is 13.1 Å². The Hall–Kier alpha value is -1.80. The molecule has 1 unspecified atom stereocenters. The van der Waals surface area contributed by atoms with E-state index < -0.39 is 14.8 Å². The predicted octanol–water partition coefficient (Wildman–Crippen LogP) is 2.79. The molecule has 0 saturated carbocycles. The van der Waals surface area contributed by atoms with E-state index in [1.807, 2.05) is 6.92 Å². The number of anilines is 1. The Morgan fingerprint density at radius 2 is 1.77 bits per heavy atom. The zero-order valence-corrected chi connectivity index (χ0v) is 17.1. The van der Waals surface area contributed by atoms with Crippen molar-refractivity contribution in [3.8, 4) is 11.5 Å². The van der Waals surface area contributed by atoms with E-state index >= 15 is 0 Å². The predicted molar refractivity (Wildman–Crippen MR) is 103 cm³/mol. The maximum atomic E-state index is 12.2. The van der Waals surface area contributed by atoms with Gasteiger partial charge in [-0.15, -0.1) is 0 Å². The fourth-order valence-corrected chi connectivity index (χ4v) is 3.11. The molecule has 0 aliphatic carbocycles. The molecular weight excluding hydrogens is 356 g/mol. The van der Waals surface area contributed by atoms with E-state index in [1.165, 1.54) is 0 Å². The molecule has 1 aromatic carbocycles. The van der Waals surface area contributed by atoms with Gasteiger partial charge in [0.15, 0.2) is 11.5 Å². The molecule has 0 saturated heterocycles. The van der Waals surface area contributed by atoms with Crippen molar-refractivity contribution in [3.05, 3.63) is 17.2 Å². The number of hydrogen-bond acceptors (Lipinski definition) is 5. The highest BCUT2D eigenvalue weighted by atomic mass is 32.2. The van der Waals surface area contributed by atoms with Gasteiger partial charge < -0.3 is 15.5 Å². The Morgan fingerprint density at radius 1 is 1.19 bits per heavy atom. The van der Waals surface area contributed by atoms with Crippen molar-refractivity contribution in [2.45, 2.75) is 59.1 Å². The molecule has 26 heavy (non-hydrogen) atoms. The summed E-state index contributed by atoms with van der Waals surface area (Å²) in [7, 11) is -3.39. The molecule has 7 nitrogen and oxygen atoms in total. The van der Waals surface area contributed by atoms with Crippen LogP contribution in [0.15, 0.2) is 6.07 Å². The van der Waals surface area contributed by atoms with Crippen LogP contribution in [0.3, 0.4) is 0 Å². The third-order valence-corrected chi connectivity index (χ3v) is 6.46. The highest BCUT2D eigenvalue weighted by molar-refractivity contribution is 7.90. The number of hydrogen-bond donors (Lipinski definition) is 4. The molecule has 1 atom stereocenters. The van der Waals surface area contributed by atoms with Gasteiger partial charge in [-0.2, -0.15) is 0 Å². The molecule has 1 aromatic rings. The first-order valence-electron chi connectivity index (χ1n) is 8.57. The van der Waals surface area contributed by atoms with E-state index in [-0.39, 0.29) is 36.3 Å². The molecule has 0 aliphatic heterocycles. The molecule has 0 aromatic heterocycles. The molecular formula is C18H30N2O5S. The molecule has 148 valence electrons. The first-order valence-corrected chi connectivity index (χ1v) is 10.1. The quantitative estimate of drug-likeness (QED) is 0.425. The average Bonchev–Trinajstić information content (AvgIpc) is 2.49. The molecule has 1 amide bonds. The maximum Gasteiger partial charge on any atom is 0.224 e. The Balaban J connectivity index is 2.59. The lowest BCUT2D eigenvalue weighted by molar-refractivity contribution is -0.117. The van der Waals surface area contributed by atoms with E-state index in [9.17, 15) is 23.4 Å². The lowest BCUT2D eigenvalue weighted by Gasteiger charge is -2.20. The van der Waals surface area contributed by atoms with E-state index in [0.717, 1.165) is 0 Å². The number of sulfonamides is 1. The van der Waals surface area contributed by atoms with Crippen molar-refractivity contribution < 1.29 is 23.4 Å². The third-order valence-electron chi connectivity index (χ3n) is 4.26. The number of carbonyl (C=O) groups is 1. The fourth-order valence-electron chi connectivity index (χ4n) is 2.29. The van der Waals surface area contributed by atoms with Gasteiger partial charge in [0.05, 0.1) is 4.75 Å². The van der Waals surface area contributed by atoms with Crippen LogP contribution in [-0.2, 0) is 14.8 Å². The van der Waals surface area contributed by atoms with Crippen LogP contribution in [0.4, 0.5) is 5.69 Å². The molecule has 0 aliphatic rings. The van der Waals surface area contributed by atoms with Gasteiger partial charge in [0.2, 0.25) is 15.9 Å². The van der Waals surface area contributed by atoms with Crippen LogP contribution in [0.1, 0.15) is 51.7 Å². The number of aromatic hydroxyl groups is 2. The van der Waals surface area contributed by atoms with E-state index in [2.05, 4.69) is 10.0 Å². The number of aryl methyl sites for hydroxylation is 1. The zero-order valence-electron chi connectivity index (χ0n) is 16.3. The maximum absolute atomic E-state index is 12.2. The van der Waals surface area contributed by atoms with Crippen LogP contribution >= 0.6 is 0 Å². The topological polar surface area (TPSA) is 116 Å². The number of amides is 1. The molecule has 8 heteroatoms. The van der Waals surface area contributed by atoms with Crippen LogP contribution in [-0.4, -0.2) is 35.8 Å². The summed E-state index contributed by atoms with van der Waals surface area (Å²) in [5.74, 6) is -0.696. The minimum Gasteiger partial charge on any atom is -0.504 e. The van der Waals surface area contributed by atoms with Crippen molar-refractivity contribution in [1.82, 2.24) is 4.72 Å². The Morgan fingerprint density at radius 3 is 2.31 bits per heavy atom. The summed E-state index contributed by atoms with van der Waals surface area (Å²) in [6.45, 7) is 10.3. The van der Waals surface area contributed by atoms with Gasteiger partial charge >= 0.3 is 0 Å². The normalized spacial score (nSPS) is 13.5. The average molecular weight is 387 g/mol. The summed E-state index contributed by atoms with van der Waals surface area (Å²) in [4.78, 5) is 12.2. The van der Waals surface area contributed by atoms with E-state index in [0.29, 0.717) is 23.2 Å². The van der Waals surface area contributed by atoms with Gasteiger partial charge in [0.25, 0.3) is 0 Å². The highest BCUT2D eigenvalue weighted by Gasteiger charge is 2.28. The number of phenolic OH excluding ortho intramolecular Hbond substituents is 2. The third kappa shape index (κ3) is 5.60. The van der Waals surface area contributed by atoms with Crippen LogP contribution in [0.25, 0.3) is 0 Å². The van der Waals surface area contributed by atoms with Crippen molar-refractivity contribution in [2.75, 3.05) is 11.9 Å². The van der Waals surface area contributed by atoms with Crippen molar-refractivity contribution >= 4 is 21.6 Å². The fraction of sp³-hybridized carbons (Fsp3) is 0.611. The van der Waals surface area contributed by atoms with Gasteiger partial charge in [-0.3, -0.25) is 4.79 Å². The lowest BCUT2D eigenvalue weighted by atomic mass is 10.0. The van der Waals surface area contributed by atoms with Gasteiger partial charge in [-0.1, -0.05) is 6.92 Å². The highest BCUT2D eigenvalue weighted by Crippen LogP contribution is 2.36. The summed E-state index contributed by atoms with van der Waals surface area (Å²) >= 11 is 0. The Kier molecular flexibility index (Phi) is 7.07. The monoisotopic (exact) mass is 386 g/mol. The number of nitrogens with one attached hydrogen (secondary N) is 2. The minimum atomic E-state index is -3.39. The minimum absolute atomic E-state index is 0.0233. The zero-order chi connectivity index (χ0) is 20.3. The van der Waals surface area contributed by atoms with Crippen LogP contribution in [0.2, 0.25) is 0 Å². The number of carbonyl (C=O) groups excluding carboxylic acids is 1. The van der Waals surface area contributed by atoms with E-state index in [1.54, 1.807) is 40.7 Å². The second-order valence-electron chi connectivity index (χ2n) is 7.72. The molecule has 0 heterocycles. The van der Waals surface area contributed by atoms with Gasteiger partial charge in [0.1, 0.15) is 0 Å². The summed E-state index contributed by atoms with van der Waals surface area (Å²) in [6, 6.07) is 1.60. The number of phenols is 2. The SMILES string of the molecule is Cc1cc(NC(=O)CC(C)CCNS(=O)(=O)C(C)(C)C)c(C)c(O)c1O. The molecule has 0 spiro atoms. The first-order chi connectivity index (χ1) is 11.8. The van der Waals surface area contributed by atoms with Crippen molar-refractivity contribution in [2.24, 2.45) is 5.92 Å². The smallest absolute Gasteiger partial charge is 0.224 e. The summed E-state index contributed by atoms with van der Waals surface area (Å²) in [5, 5.41) is 22.3. The molecule has 0 fully saturated rings. The summed E-state index contributed by atoms with van der Waals surface area (Å²) in [5.41, 5.74) is 1.31. The molecule has 0 radical (unpaired) electrons. The Labute approximate surface area is 155 Å². The lowest BCUT2D eigenvalue weighted by Crippen LogP contribution is -2.40. The van der Waals surface area contributed by atoms with E-state index in [4.69, 9.17) is 0 Å². The summed E-state index contributed by atoms with van der Waals surface area (Å²) < 4.78 is 25.7. The van der Waals surface area contributed by atoms with Crippen LogP contribution in [0, 0.1) is 19.8 Å². The molecule has 1 rings (SSSR count). The number of rotatable bonds is 7. The summed E-state index contributed by atoms with van der Waals surface area (Å²) in [6.07, 6.45) is 0.749.